The molecule has 15 heavy (non-hydrogen) atoms. The van der Waals surface area contributed by atoms with Crippen molar-refractivity contribution in [2.75, 3.05) is 19.6 Å². The van der Waals surface area contributed by atoms with Gasteiger partial charge < -0.3 is 10.2 Å². The van der Waals surface area contributed by atoms with Gasteiger partial charge in [-0.25, -0.2) is 0 Å². The van der Waals surface area contributed by atoms with Crippen molar-refractivity contribution in [2.24, 2.45) is 0 Å². The molecule has 1 fully saturated rings. The van der Waals surface area contributed by atoms with Crippen molar-refractivity contribution in [1.29, 1.82) is 0 Å². The summed E-state index contributed by atoms with van der Waals surface area (Å²) < 4.78 is 0. The lowest BCUT2D eigenvalue weighted by Crippen LogP contribution is -2.43. The molecule has 1 rings (SSSR count). The maximum Gasteiger partial charge on any atom is 0.241 e. The predicted molar refractivity (Wildman–Crippen MR) is 61.8 cm³/mol. The van der Waals surface area contributed by atoms with Gasteiger partial charge in [0.1, 0.15) is 0 Å². The van der Waals surface area contributed by atoms with E-state index in [1.54, 1.807) is 6.92 Å². The van der Waals surface area contributed by atoms with E-state index in [-0.39, 0.29) is 23.2 Å². The van der Waals surface area contributed by atoms with Crippen molar-refractivity contribution in [1.82, 2.24) is 10.2 Å². The molecule has 0 aromatic rings. The number of hydrogen-bond acceptors (Lipinski definition) is 2. The molecule has 1 saturated heterocycles. The second kappa shape index (κ2) is 6.10. The molecule has 4 nitrogen and oxygen atoms in total. The summed E-state index contributed by atoms with van der Waals surface area (Å²) in [4.78, 5) is 24.4. The van der Waals surface area contributed by atoms with Crippen LogP contribution in [-0.2, 0) is 9.59 Å². The third-order valence-electron chi connectivity index (χ3n) is 2.48. The molecule has 1 heterocycles. The SMILES string of the molecule is CC(Br)C(=O)NCC(=O)N1CCCCC1. The van der Waals surface area contributed by atoms with E-state index in [4.69, 9.17) is 0 Å². The lowest BCUT2D eigenvalue weighted by atomic mass is 10.1. The molecule has 0 aromatic carbocycles. The van der Waals surface area contributed by atoms with Gasteiger partial charge in [0.2, 0.25) is 11.8 Å². The van der Waals surface area contributed by atoms with Gasteiger partial charge in [0.15, 0.2) is 0 Å². The fourth-order valence-electron chi connectivity index (χ4n) is 1.56. The number of nitrogens with zero attached hydrogens (tertiary/aromatic N) is 1. The molecule has 1 aliphatic rings. The summed E-state index contributed by atoms with van der Waals surface area (Å²) in [5, 5.41) is 2.60. The second-order valence-electron chi connectivity index (χ2n) is 3.78. The van der Waals surface area contributed by atoms with E-state index < -0.39 is 0 Å². The molecular formula is C10H17BrN2O2. The van der Waals surface area contributed by atoms with Gasteiger partial charge in [-0.3, -0.25) is 9.59 Å². The Labute approximate surface area is 98.5 Å². The molecule has 0 radical (unpaired) electrons. The molecular weight excluding hydrogens is 260 g/mol. The molecule has 5 heteroatoms. The van der Waals surface area contributed by atoms with E-state index in [2.05, 4.69) is 21.2 Å². The Morgan fingerprint density at radius 2 is 1.93 bits per heavy atom. The van der Waals surface area contributed by atoms with Crippen molar-refractivity contribution in [2.45, 2.75) is 31.0 Å². The van der Waals surface area contributed by atoms with Crippen LogP contribution in [0.5, 0.6) is 0 Å². The molecule has 1 aliphatic heterocycles. The predicted octanol–water partition coefficient (Wildman–Crippen LogP) is 0.898. The Balaban J connectivity index is 2.26. The maximum atomic E-state index is 11.6. The number of carbonyl (C=O) groups is 2. The van der Waals surface area contributed by atoms with Crippen LogP contribution in [0, 0.1) is 0 Å². The summed E-state index contributed by atoms with van der Waals surface area (Å²) in [6.45, 7) is 3.52. The lowest BCUT2D eigenvalue weighted by molar-refractivity contribution is -0.133. The molecule has 0 bridgehead atoms. The number of hydrogen-bond donors (Lipinski definition) is 1. The third kappa shape index (κ3) is 4.20. The zero-order valence-electron chi connectivity index (χ0n) is 8.96. The molecule has 0 saturated carbocycles. The van der Waals surface area contributed by atoms with Gasteiger partial charge in [0, 0.05) is 13.1 Å². The summed E-state index contributed by atoms with van der Waals surface area (Å²) in [6, 6.07) is 0. The quantitative estimate of drug-likeness (QED) is 0.779. The Morgan fingerprint density at radius 3 is 2.47 bits per heavy atom. The van der Waals surface area contributed by atoms with Gasteiger partial charge in [0.25, 0.3) is 0 Å². The molecule has 0 aliphatic carbocycles. The second-order valence-corrected chi connectivity index (χ2v) is 5.15. The van der Waals surface area contributed by atoms with Gasteiger partial charge in [-0.2, -0.15) is 0 Å². The van der Waals surface area contributed by atoms with E-state index in [9.17, 15) is 9.59 Å². The zero-order valence-corrected chi connectivity index (χ0v) is 10.5. The highest BCUT2D eigenvalue weighted by Gasteiger charge is 2.17. The molecule has 1 N–H and O–H groups in total. The first-order valence-electron chi connectivity index (χ1n) is 5.31. The van der Waals surface area contributed by atoms with Crippen LogP contribution in [0.1, 0.15) is 26.2 Å². The fraction of sp³-hybridized carbons (Fsp3) is 0.800. The van der Waals surface area contributed by atoms with Gasteiger partial charge in [-0.1, -0.05) is 15.9 Å². The van der Waals surface area contributed by atoms with E-state index in [1.165, 1.54) is 6.42 Å². The van der Waals surface area contributed by atoms with Crippen LogP contribution < -0.4 is 5.32 Å². The highest BCUT2D eigenvalue weighted by molar-refractivity contribution is 9.10. The molecule has 1 unspecified atom stereocenters. The van der Waals surface area contributed by atoms with Crippen molar-refractivity contribution >= 4 is 27.7 Å². The Hall–Kier alpha value is -0.580. The third-order valence-corrected chi connectivity index (χ3v) is 2.90. The first-order chi connectivity index (χ1) is 7.11. The minimum Gasteiger partial charge on any atom is -0.346 e. The molecule has 1 atom stereocenters. The monoisotopic (exact) mass is 276 g/mol. The average molecular weight is 277 g/mol. The largest absolute Gasteiger partial charge is 0.346 e. The smallest absolute Gasteiger partial charge is 0.241 e. The minimum atomic E-state index is -0.244. The molecule has 2 amide bonds. The first kappa shape index (κ1) is 12.5. The number of halogens is 1. The summed E-state index contributed by atoms with van der Waals surface area (Å²) in [7, 11) is 0. The van der Waals surface area contributed by atoms with Crippen LogP contribution in [0.15, 0.2) is 0 Å². The number of amides is 2. The van der Waals surface area contributed by atoms with Crippen molar-refractivity contribution in [3.05, 3.63) is 0 Å². The maximum absolute atomic E-state index is 11.6. The Morgan fingerprint density at radius 1 is 1.33 bits per heavy atom. The fourth-order valence-corrected chi connectivity index (χ4v) is 1.72. The average Bonchev–Trinajstić information content (AvgIpc) is 2.26. The first-order valence-corrected chi connectivity index (χ1v) is 6.22. The number of nitrogens with one attached hydrogen (secondary N) is 1. The van der Waals surface area contributed by atoms with Crippen LogP contribution in [0.25, 0.3) is 0 Å². The van der Waals surface area contributed by atoms with Crippen LogP contribution >= 0.6 is 15.9 Å². The van der Waals surface area contributed by atoms with E-state index in [0.717, 1.165) is 25.9 Å². The highest BCUT2D eigenvalue weighted by Crippen LogP contribution is 2.08. The standard InChI is InChI=1S/C10H17BrN2O2/c1-8(11)10(15)12-7-9(14)13-5-3-2-4-6-13/h8H,2-7H2,1H3,(H,12,15). The van der Waals surface area contributed by atoms with Gasteiger partial charge in [-0.05, 0) is 26.2 Å². The van der Waals surface area contributed by atoms with Gasteiger partial charge >= 0.3 is 0 Å². The van der Waals surface area contributed by atoms with Crippen molar-refractivity contribution < 1.29 is 9.59 Å². The summed E-state index contributed by atoms with van der Waals surface area (Å²) in [6.07, 6.45) is 3.36. The van der Waals surface area contributed by atoms with Crippen LogP contribution in [0.4, 0.5) is 0 Å². The normalized spacial score (nSPS) is 18.4. The zero-order chi connectivity index (χ0) is 11.3. The van der Waals surface area contributed by atoms with E-state index in [0.29, 0.717) is 0 Å². The molecule has 0 aromatic heterocycles. The van der Waals surface area contributed by atoms with Crippen molar-refractivity contribution in [3.8, 4) is 0 Å². The minimum absolute atomic E-state index is 0.0243. The number of alkyl halides is 1. The van der Waals surface area contributed by atoms with E-state index in [1.807, 2.05) is 4.90 Å². The van der Waals surface area contributed by atoms with Crippen molar-refractivity contribution in [3.63, 3.8) is 0 Å². The topological polar surface area (TPSA) is 49.4 Å². The molecule has 0 spiro atoms. The van der Waals surface area contributed by atoms with Gasteiger partial charge in [0.05, 0.1) is 11.4 Å². The highest BCUT2D eigenvalue weighted by atomic mass is 79.9. The Kier molecular flexibility index (Phi) is 5.08. The number of carbonyl (C=O) groups excluding carboxylic acids is 2. The number of rotatable bonds is 3. The Bertz CT molecular complexity index is 238. The summed E-state index contributed by atoms with van der Waals surface area (Å²) in [5.41, 5.74) is 0. The summed E-state index contributed by atoms with van der Waals surface area (Å²) >= 11 is 3.15. The van der Waals surface area contributed by atoms with Crippen LogP contribution in [-0.4, -0.2) is 41.2 Å². The summed E-state index contributed by atoms with van der Waals surface area (Å²) in [5.74, 6) is -0.114. The van der Waals surface area contributed by atoms with Crippen LogP contribution in [0.3, 0.4) is 0 Å². The number of likely N-dealkylation sites (tertiary alicyclic amines) is 1. The van der Waals surface area contributed by atoms with Crippen LogP contribution in [0.2, 0.25) is 0 Å². The number of piperidine rings is 1. The van der Waals surface area contributed by atoms with E-state index >= 15 is 0 Å². The molecule has 86 valence electrons. The lowest BCUT2D eigenvalue weighted by Gasteiger charge is -2.26. The van der Waals surface area contributed by atoms with Gasteiger partial charge in [-0.15, -0.1) is 0 Å².